The van der Waals surface area contributed by atoms with Gasteiger partial charge >= 0.3 is 5.97 Å². The van der Waals surface area contributed by atoms with E-state index in [1.54, 1.807) is 5.06 Å². The molecule has 0 unspecified atom stereocenters. The average molecular weight is 213 g/mol. The lowest BCUT2D eigenvalue weighted by molar-refractivity contribution is -0.214. The van der Waals surface area contributed by atoms with Crippen LogP contribution in [-0.4, -0.2) is 29.4 Å². The van der Waals surface area contributed by atoms with Crippen LogP contribution in [-0.2, 0) is 14.4 Å². The fourth-order valence-corrected chi connectivity index (χ4v) is 1.37. The molecule has 4 heteroatoms. The van der Waals surface area contributed by atoms with Crippen molar-refractivity contribution in [2.45, 2.75) is 46.6 Å². The highest BCUT2D eigenvalue weighted by Crippen LogP contribution is 2.20. The molecule has 0 aromatic carbocycles. The second-order valence-corrected chi connectivity index (χ2v) is 5.11. The van der Waals surface area contributed by atoms with Gasteiger partial charge in [-0.05, 0) is 27.7 Å². The highest BCUT2D eigenvalue weighted by atomic mass is 16.7. The van der Waals surface area contributed by atoms with E-state index < -0.39 is 5.41 Å². The van der Waals surface area contributed by atoms with Crippen molar-refractivity contribution < 1.29 is 14.4 Å². The fraction of sp³-hybridized carbons (Fsp3) is 0.818. The number of carbonyl (C=O) groups is 2. The van der Waals surface area contributed by atoms with Gasteiger partial charge in [0, 0.05) is 19.4 Å². The summed E-state index contributed by atoms with van der Waals surface area (Å²) in [5.41, 5.74) is -0.499. The van der Waals surface area contributed by atoms with Crippen molar-refractivity contribution in [1.29, 1.82) is 0 Å². The second kappa shape index (κ2) is 4.31. The number of carbonyl (C=O) groups excluding carboxylic acids is 2. The monoisotopic (exact) mass is 213 g/mol. The lowest BCUT2D eigenvalue weighted by atomic mass is 9.97. The van der Waals surface area contributed by atoms with E-state index in [-0.39, 0.29) is 17.8 Å². The highest BCUT2D eigenvalue weighted by Gasteiger charge is 2.31. The van der Waals surface area contributed by atoms with E-state index in [9.17, 15) is 9.59 Å². The molecule has 4 nitrogen and oxygen atoms in total. The molecular weight excluding hydrogens is 194 g/mol. The Kier molecular flexibility index (Phi) is 3.50. The zero-order valence-electron chi connectivity index (χ0n) is 9.87. The van der Waals surface area contributed by atoms with Crippen LogP contribution in [0.15, 0.2) is 0 Å². The summed E-state index contributed by atoms with van der Waals surface area (Å²) < 4.78 is 0. The lowest BCUT2D eigenvalue weighted by Gasteiger charge is -2.32. The van der Waals surface area contributed by atoms with Gasteiger partial charge in [-0.2, -0.15) is 0 Å². The summed E-state index contributed by atoms with van der Waals surface area (Å²) in [4.78, 5) is 28.0. The van der Waals surface area contributed by atoms with Crippen LogP contribution >= 0.6 is 0 Å². The van der Waals surface area contributed by atoms with Gasteiger partial charge in [-0.3, -0.25) is 4.79 Å². The Morgan fingerprint density at radius 3 is 2.53 bits per heavy atom. The fourth-order valence-electron chi connectivity index (χ4n) is 1.37. The Morgan fingerprint density at radius 2 is 2.07 bits per heavy atom. The Morgan fingerprint density at radius 1 is 1.47 bits per heavy atom. The number of nitrogens with zero attached hydrogens (tertiary/aromatic N) is 1. The van der Waals surface area contributed by atoms with Crippen LogP contribution < -0.4 is 0 Å². The molecule has 0 radical (unpaired) electrons. The molecule has 86 valence electrons. The SMILES string of the molecule is C[C@@H]1CC(=O)CCN1OC(=O)C(C)(C)C. The molecule has 0 spiro atoms. The maximum atomic E-state index is 11.6. The van der Waals surface area contributed by atoms with Gasteiger partial charge in [0.1, 0.15) is 5.78 Å². The molecule has 0 aromatic heterocycles. The van der Waals surface area contributed by atoms with Crippen LogP contribution in [0.25, 0.3) is 0 Å². The summed E-state index contributed by atoms with van der Waals surface area (Å²) in [6.45, 7) is 7.86. The van der Waals surface area contributed by atoms with Crippen molar-refractivity contribution >= 4 is 11.8 Å². The number of hydrogen-bond acceptors (Lipinski definition) is 4. The quantitative estimate of drug-likeness (QED) is 0.663. The summed E-state index contributed by atoms with van der Waals surface area (Å²) in [6, 6.07) is -0.00227. The van der Waals surface area contributed by atoms with Crippen molar-refractivity contribution in [3.8, 4) is 0 Å². The molecule has 1 atom stereocenters. The molecule has 15 heavy (non-hydrogen) atoms. The minimum absolute atomic E-state index is 0.00227. The van der Waals surface area contributed by atoms with Crippen molar-refractivity contribution in [3.05, 3.63) is 0 Å². The molecule has 1 saturated heterocycles. The molecule has 1 fully saturated rings. The first-order chi connectivity index (χ1) is 6.80. The Labute approximate surface area is 90.5 Å². The first-order valence-electron chi connectivity index (χ1n) is 5.31. The predicted molar refractivity (Wildman–Crippen MR) is 56.0 cm³/mol. The number of Topliss-reactive ketones (excluding diaryl/α,β-unsaturated/α-hetero) is 1. The molecule has 1 aliphatic heterocycles. The normalized spacial score (nSPS) is 24.0. The smallest absolute Gasteiger partial charge is 0.330 e. The van der Waals surface area contributed by atoms with E-state index in [2.05, 4.69) is 0 Å². The molecular formula is C11H19NO3. The number of hydroxylamine groups is 2. The van der Waals surface area contributed by atoms with E-state index in [1.165, 1.54) is 0 Å². The predicted octanol–water partition coefficient (Wildman–Crippen LogP) is 1.54. The maximum Gasteiger partial charge on any atom is 0.330 e. The number of piperidine rings is 1. The van der Waals surface area contributed by atoms with Gasteiger partial charge in [0.2, 0.25) is 0 Å². The molecule has 0 bridgehead atoms. The molecule has 1 heterocycles. The third-order valence-corrected chi connectivity index (χ3v) is 2.44. The van der Waals surface area contributed by atoms with E-state index in [0.29, 0.717) is 19.4 Å². The van der Waals surface area contributed by atoms with Gasteiger partial charge in [0.25, 0.3) is 0 Å². The summed E-state index contributed by atoms with van der Waals surface area (Å²) in [5.74, 6) is -0.00532. The van der Waals surface area contributed by atoms with Crippen LogP contribution in [0, 0.1) is 5.41 Å². The van der Waals surface area contributed by atoms with Crippen LogP contribution in [0.4, 0.5) is 0 Å². The second-order valence-electron chi connectivity index (χ2n) is 5.11. The Balaban J connectivity index is 2.52. The standard InChI is InChI=1S/C11H19NO3/c1-8-7-9(13)5-6-12(8)15-10(14)11(2,3)4/h8H,5-7H2,1-4H3/t8-/m1/s1. The van der Waals surface area contributed by atoms with Gasteiger partial charge in [-0.1, -0.05) is 0 Å². The maximum absolute atomic E-state index is 11.6. The molecule has 0 aliphatic carbocycles. The molecule has 0 amide bonds. The Hall–Kier alpha value is -0.900. The summed E-state index contributed by atoms with van der Waals surface area (Å²) in [6.07, 6.45) is 0.944. The third-order valence-electron chi connectivity index (χ3n) is 2.44. The molecule has 1 rings (SSSR count). The number of rotatable bonds is 1. The summed E-state index contributed by atoms with van der Waals surface area (Å²) in [5, 5.41) is 1.62. The van der Waals surface area contributed by atoms with Gasteiger partial charge in [-0.15, -0.1) is 5.06 Å². The lowest BCUT2D eigenvalue weighted by Crippen LogP contribution is -2.44. The minimum atomic E-state index is -0.499. The van der Waals surface area contributed by atoms with Gasteiger partial charge in [0.15, 0.2) is 0 Å². The summed E-state index contributed by atoms with van der Waals surface area (Å²) in [7, 11) is 0. The molecule has 0 aromatic rings. The largest absolute Gasteiger partial charge is 0.367 e. The topological polar surface area (TPSA) is 46.6 Å². The van der Waals surface area contributed by atoms with Crippen molar-refractivity contribution in [2.24, 2.45) is 5.41 Å². The van der Waals surface area contributed by atoms with Crippen LogP contribution in [0.1, 0.15) is 40.5 Å². The van der Waals surface area contributed by atoms with Crippen molar-refractivity contribution in [3.63, 3.8) is 0 Å². The zero-order chi connectivity index (χ0) is 11.6. The van der Waals surface area contributed by atoms with Gasteiger partial charge in [-0.25, -0.2) is 4.79 Å². The minimum Gasteiger partial charge on any atom is -0.367 e. The van der Waals surface area contributed by atoms with E-state index in [4.69, 9.17) is 4.84 Å². The first-order valence-corrected chi connectivity index (χ1v) is 5.31. The average Bonchev–Trinajstić information content (AvgIpc) is 2.08. The van der Waals surface area contributed by atoms with Crippen LogP contribution in [0.5, 0.6) is 0 Å². The van der Waals surface area contributed by atoms with E-state index in [0.717, 1.165) is 0 Å². The summed E-state index contributed by atoms with van der Waals surface area (Å²) >= 11 is 0. The first kappa shape index (κ1) is 12.2. The van der Waals surface area contributed by atoms with Crippen molar-refractivity contribution in [2.75, 3.05) is 6.54 Å². The number of hydrogen-bond donors (Lipinski definition) is 0. The number of ketones is 1. The third kappa shape index (κ3) is 3.30. The zero-order valence-corrected chi connectivity index (χ0v) is 9.87. The molecule has 0 saturated carbocycles. The van der Waals surface area contributed by atoms with Gasteiger partial charge in [0.05, 0.1) is 11.5 Å². The van der Waals surface area contributed by atoms with Crippen LogP contribution in [0.2, 0.25) is 0 Å². The highest BCUT2D eigenvalue weighted by molar-refractivity contribution is 5.80. The van der Waals surface area contributed by atoms with Gasteiger partial charge < -0.3 is 4.84 Å². The van der Waals surface area contributed by atoms with Crippen LogP contribution in [0.3, 0.4) is 0 Å². The van der Waals surface area contributed by atoms with E-state index in [1.807, 2.05) is 27.7 Å². The van der Waals surface area contributed by atoms with E-state index >= 15 is 0 Å². The molecule has 0 N–H and O–H groups in total. The molecule has 1 aliphatic rings. The van der Waals surface area contributed by atoms with Crippen molar-refractivity contribution in [1.82, 2.24) is 5.06 Å². The Bertz CT molecular complexity index is 267.